The first-order chi connectivity index (χ1) is 18.9. The van der Waals surface area contributed by atoms with Gasteiger partial charge in [-0.15, -0.1) is 0 Å². The molecular weight excluding hydrogens is 544 g/mol. The van der Waals surface area contributed by atoms with E-state index in [1.165, 1.54) is 11.8 Å². The van der Waals surface area contributed by atoms with Gasteiger partial charge < -0.3 is 42.6 Å². The summed E-state index contributed by atoms with van der Waals surface area (Å²) in [5.41, 5.74) is 12.2. The monoisotopic (exact) mass is 578 g/mol. The SMILES string of the molecule is CSCCC(NC(=O)C(Cc1c[nH]c2ccccc12)NC(=O)C(N)CC(=O)O)C(=O)NC(CCC(N)=O)C(=O)O. The Labute approximate surface area is 234 Å². The average molecular weight is 579 g/mol. The van der Waals surface area contributed by atoms with Crippen LogP contribution in [0.2, 0.25) is 0 Å². The number of amides is 4. The maximum atomic E-state index is 13.4. The predicted octanol–water partition coefficient (Wildman–Crippen LogP) is -0.930. The van der Waals surface area contributed by atoms with Crippen LogP contribution in [0.1, 0.15) is 31.2 Å². The number of nitrogens with two attached hydrogens (primary N) is 2. The molecule has 4 amide bonds. The number of rotatable bonds is 17. The largest absolute Gasteiger partial charge is 0.481 e. The number of primary amides is 1. The molecule has 15 heteroatoms. The lowest BCUT2D eigenvalue weighted by Crippen LogP contribution is -2.57. The fraction of sp³-hybridized carbons (Fsp3) is 0.440. The van der Waals surface area contributed by atoms with E-state index in [1.54, 1.807) is 18.5 Å². The smallest absolute Gasteiger partial charge is 0.326 e. The molecule has 14 nitrogen and oxygen atoms in total. The van der Waals surface area contributed by atoms with Crippen molar-refractivity contribution in [3.8, 4) is 0 Å². The number of benzene rings is 1. The van der Waals surface area contributed by atoms with Crippen LogP contribution in [0, 0.1) is 0 Å². The zero-order valence-electron chi connectivity index (χ0n) is 21.8. The number of thioether (sulfide) groups is 1. The van der Waals surface area contributed by atoms with Gasteiger partial charge in [0.1, 0.15) is 18.1 Å². The van der Waals surface area contributed by atoms with Crippen molar-refractivity contribution >= 4 is 58.2 Å². The fourth-order valence-corrected chi connectivity index (χ4v) is 4.35. The molecule has 2 rings (SSSR count). The second-order valence-electron chi connectivity index (χ2n) is 9.08. The van der Waals surface area contributed by atoms with Gasteiger partial charge in [0.15, 0.2) is 0 Å². The molecule has 0 spiro atoms. The lowest BCUT2D eigenvalue weighted by Gasteiger charge is -2.25. The average Bonchev–Trinajstić information content (AvgIpc) is 3.30. The Hall–Kier alpha value is -4.11. The summed E-state index contributed by atoms with van der Waals surface area (Å²) in [6.07, 6.45) is 2.40. The van der Waals surface area contributed by atoms with Crippen LogP contribution in [0.3, 0.4) is 0 Å². The van der Waals surface area contributed by atoms with Gasteiger partial charge in [-0.3, -0.25) is 24.0 Å². The molecule has 0 bridgehead atoms. The number of para-hydroxylation sites is 1. The van der Waals surface area contributed by atoms with Gasteiger partial charge in [0.2, 0.25) is 23.6 Å². The van der Waals surface area contributed by atoms with Crippen molar-refractivity contribution in [1.29, 1.82) is 0 Å². The molecule has 218 valence electrons. The summed E-state index contributed by atoms with van der Waals surface area (Å²) < 4.78 is 0. The van der Waals surface area contributed by atoms with Crippen LogP contribution >= 0.6 is 11.8 Å². The highest BCUT2D eigenvalue weighted by Gasteiger charge is 2.31. The van der Waals surface area contributed by atoms with E-state index in [0.717, 1.165) is 10.9 Å². The van der Waals surface area contributed by atoms with Crippen molar-refractivity contribution < 1.29 is 39.0 Å². The lowest BCUT2D eigenvalue weighted by atomic mass is 10.0. The topological polar surface area (TPSA) is 247 Å². The standard InChI is InChI=1S/C25H34N6O8S/c1-40-9-8-17(23(36)30-18(25(38)39)6-7-20(27)32)29-24(37)19(31-22(35)15(26)11-21(33)34)10-13-12-28-16-5-3-2-4-14(13)16/h2-5,12,15,17-19,28H,6-11,26H2,1H3,(H2,27,32)(H,29,37)(H,30,36)(H,31,35)(H,33,34)(H,38,39). The summed E-state index contributed by atoms with van der Waals surface area (Å²) in [5, 5.41) is 26.6. The molecule has 40 heavy (non-hydrogen) atoms. The third kappa shape index (κ3) is 9.89. The second kappa shape index (κ2) is 15.5. The molecule has 0 saturated carbocycles. The number of H-pyrrole nitrogens is 1. The summed E-state index contributed by atoms with van der Waals surface area (Å²) in [5.74, 6) is -5.39. The van der Waals surface area contributed by atoms with E-state index in [4.69, 9.17) is 16.6 Å². The van der Waals surface area contributed by atoms with Crippen molar-refractivity contribution in [3.05, 3.63) is 36.0 Å². The van der Waals surface area contributed by atoms with E-state index >= 15 is 0 Å². The van der Waals surface area contributed by atoms with Crippen molar-refractivity contribution in [3.63, 3.8) is 0 Å². The number of nitrogens with one attached hydrogen (secondary N) is 4. The number of aliphatic carboxylic acids is 2. The molecule has 4 atom stereocenters. The molecule has 10 N–H and O–H groups in total. The third-order valence-corrected chi connectivity index (χ3v) is 6.64. The van der Waals surface area contributed by atoms with Gasteiger partial charge in [-0.2, -0.15) is 11.8 Å². The van der Waals surface area contributed by atoms with Gasteiger partial charge in [-0.1, -0.05) is 18.2 Å². The first-order valence-corrected chi connectivity index (χ1v) is 13.8. The summed E-state index contributed by atoms with van der Waals surface area (Å²) in [7, 11) is 0. The highest BCUT2D eigenvalue weighted by molar-refractivity contribution is 7.98. The van der Waals surface area contributed by atoms with E-state index in [1.807, 2.05) is 18.2 Å². The number of hydrogen-bond acceptors (Lipinski definition) is 8. The van der Waals surface area contributed by atoms with Crippen molar-refractivity contribution in [1.82, 2.24) is 20.9 Å². The van der Waals surface area contributed by atoms with Gasteiger partial charge in [0, 0.05) is 29.9 Å². The molecular formula is C25H34N6O8S. The maximum Gasteiger partial charge on any atom is 0.326 e. The van der Waals surface area contributed by atoms with Gasteiger partial charge in [-0.05, 0) is 36.5 Å². The van der Waals surface area contributed by atoms with Gasteiger partial charge >= 0.3 is 11.9 Å². The Morgan fingerprint density at radius 2 is 1.55 bits per heavy atom. The van der Waals surface area contributed by atoms with Crippen LogP contribution in [0.5, 0.6) is 0 Å². The minimum Gasteiger partial charge on any atom is -0.481 e. The predicted molar refractivity (Wildman–Crippen MR) is 147 cm³/mol. The van der Waals surface area contributed by atoms with Crippen LogP contribution in [0.15, 0.2) is 30.5 Å². The molecule has 0 aliphatic rings. The van der Waals surface area contributed by atoms with Gasteiger partial charge in [-0.25, -0.2) is 4.79 Å². The third-order valence-electron chi connectivity index (χ3n) is 6.00. The van der Waals surface area contributed by atoms with Crippen LogP contribution in [0.25, 0.3) is 10.9 Å². The number of aromatic nitrogens is 1. The molecule has 0 aliphatic heterocycles. The van der Waals surface area contributed by atoms with Crippen molar-refractivity contribution in [2.45, 2.75) is 56.3 Å². The molecule has 1 aromatic heterocycles. The molecule has 0 aliphatic carbocycles. The zero-order chi connectivity index (χ0) is 29.8. The summed E-state index contributed by atoms with van der Waals surface area (Å²) in [4.78, 5) is 75.9. The number of carboxylic acid groups (broad SMARTS) is 2. The van der Waals surface area contributed by atoms with E-state index < -0.39 is 66.2 Å². The molecule has 1 heterocycles. The Balaban J connectivity index is 2.28. The molecule has 1 aromatic carbocycles. The van der Waals surface area contributed by atoms with E-state index in [9.17, 15) is 33.9 Å². The van der Waals surface area contributed by atoms with Crippen LogP contribution in [0.4, 0.5) is 0 Å². The molecule has 0 saturated heterocycles. The van der Waals surface area contributed by atoms with Gasteiger partial charge in [0.05, 0.1) is 12.5 Å². The first kappa shape index (κ1) is 32.1. The summed E-state index contributed by atoms with van der Waals surface area (Å²) in [6, 6.07) is 2.01. The lowest BCUT2D eigenvalue weighted by molar-refractivity contribution is -0.142. The highest BCUT2D eigenvalue weighted by Crippen LogP contribution is 2.19. The second-order valence-corrected chi connectivity index (χ2v) is 10.1. The Morgan fingerprint density at radius 1 is 0.925 bits per heavy atom. The molecule has 2 aromatic rings. The number of aromatic amines is 1. The summed E-state index contributed by atoms with van der Waals surface area (Å²) in [6.45, 7) is 0. The van der Waals surface area contributed by atoms with E-state index in [2.05, 4.69) is 20.9 Å². The summed E-state index contributed by atoms with van der Waals surface area (Å²) >= 11 is 1.39. The quantitative estimate of drug-likeness (QED) is 0.114. The normalized spacial score (nSPS) is 13.9. The minimum atomic E-state index is -1.42. The number of carboxylic acids is 2. The highest BCUT2D eigenvalue weighted by atomic mass is 32.2. The number of carbonyl (C=O) groups excluding carboxylic acids is 4. The Kier molecular flexibility index (Phi) is 12.4. The first-order valence-electron chi connectivity index (χ1n) is 12.4. The van der Waals surface area contributed by atoms with E-state index in [-0.39, 0.29) is 25.7 Å². The zero-order valence-corrected chi connectivity index (χ0v) is 22.7. The van der Waals surface area contributed by atoms with E-state index in [0.29, 0.717) is 11.3 Å². The van der Waals surface area contributed by atoms with Crippen LogP contribution in [-0.2, 0) is 35.2 Å². The maximum absolute atomic E-state index is 13.4. The van der Waals surface area contributed by atoms with Crippen molar-refractivity contribution in [2.75, 3.05) is 12.0 Å². The van der Waals surface area contributed by atoms with Gasteiger partial charge in [0.25, 0.3) is 0 Å². The fourth-order valence-electron chi connectivity index (χ4n) is 3.88. The number of fused-ring (bicyclic) bond motifs is 1. The molecule has 4 unspecified atom stereocenters. The Morgan fingerprint density at radius 3 is 2.17 bits per heavy atom. The Bertz CT molecular complexity index is 1230. The molecule has 0 fully saturated rings. The number of hydrogen-bond donors (Lipinski definition) is 8. The minimum absolute atomic E-state index is 0.0192. The molecule has 0 radical (unpaired) electrons. The number of carbonyl (C=O) groups is 6. The van der Waals surface area contributed by atoms with Crippen molar-refractivity contribution in [2.24, 2.45) is 11.5 Å². The van der Waals surface area contributed by atoms with Crippen LogP contribution < -0.4 is 27.4 Å². The van der Waals surface area contributed by atoms with Crippen LogP contribution in [-0.4, -0.2) is 86.9 Å².